The first kappa shape index (κ1) is 15.3. The number of carboxylic acids is 1. The lowest BCUT2D eigenvalue weighted by Crippen LogP contribution is -2.08. The van der Waals surface area contributed by atoms with Gasteiger partial charge in [-0.1, -0.05) is 23.7 Å². The van der Waals surface area contributed by atoms with Gasteiger partial charge in [-0.3, -0.25) is 0 Å². The molecule has 0 atom stereocenters. The van der Waals surface area contributed by atoms with Crippen LogP contribution in [0.4, 0.5) is 17.6 Å². The highest BCUT2D eigenvalue weighted by Gasteiger charge is 2.34. The van der Waals surface area contributed by atoms with Crippen LogP contribution in [-0.2, 0) is 6.18 Å². The molecule has 1 N–H and O–H groups in total. The number of halogens is 5. The van der Waals surface area contributed by atoms with Crippen LogP contribution in [0.3, 0.4) is 0 Å². The van der Waals surface area contributed by atoms with Crippen molar-refractivity contribution in [2.45, 2.75) is 6.18 Å². The fraction of sp³-hybridized carbons (Fsp3) is 0.0714. The Bertz CT molecular complexity index is 711. The van der Waals surface area contributed by atoms with Gasteiger partial charge in [-0.25, -0.2) is 9.18 Å². The van der Waals surface area contributed by atoms with E-state index in [2.05, 4.69) is 0 Å². The molecular weight excluding hydrogens is 312 g/mol. The van der Waals surface area contributed by atoms with Gasteiger partial charge in [-0.2, -0.15) is 13.2 Å². The normalized spacial score (nSPS) is 11.5. The summed E-state index contributed by atoms with van der Waals surface area (Å²) >= 11 is 5.68. The molecule has 0 aliphatic heterocycles. The van der Waals surface area contributed by atoms with Crippen molar-refractivity contribution in [1.29, 1.82) is 0 Å². The minimum atomic E-state index is -4.81. The van der Waals surface area contributed by atoms with Gasteiger partial charge in [0.15, 0.2) is 0 Å². The molecule has 2 aromatic carbocycles. The molecule has 0 aliphatic rings. The second-order valence-electron chi connectivity index (χ2n) is 4.19. The molecule has 0 amide bonds. The summed E-state index contributed by atoms with van der Waals surface area (Å²) in [4.78, 5) is 11.1. The smallest absolute Gasteiger partial charge is 0.419 e. The minimum absolute atomic E-state index is 0.0227. The SMILES string of the molecule is O=C(O)c1cc(Cl)ccc1-c1ccc(C(F)(F)F)c(F)c1. The average Bonchev–Trinajstić information content (AvgIpc) is 2.36. The number of carbonyl (C=O) groups is 1. The van der Waals surface area contributed by atoms with E-state index in [4.69, 9.17) is 16.7 Å². The van der Waals surface area contributed by atoms with Crippen molar-refractivity contribution in [3.05, 3.63) is 58.4 Å². The predicted molar refractivity (Wildman–Crippen MR) is 68.8 cm³/mol. The summed E-state index contributed by atoms with van der Waals surface area (Å²) in [6.07, 6.45) is -4.81. The molecule has 0 bridgehead atoms. The first-order chi connectivity index (χ1) is 9.70. The van der Waals surface area contributed by atoms with Crippen molar-refractivity contribution in [3.8, 4) is 11.1 Å². The van der Waals surface area contributed by atoms with Crippen molar-refractivity contribution in [2.24, 2.45) is 0 Å². The molecule has 0 heterocycles. The van der Waals surface area contributed by atoms with Gasteiger partial charge in [0.1, 0.15) is 5.82 Å². The molecule has 0 aromatic heterocycles. The van der Waals surface area contributed by atoms with Gasteiger partial charge >= 0.3 is 12.1 Å². The van der Waals surface area contributed by atoms with E-state index in [1.54, 1.807) is 0 Å². The summed E-state index contributed by atoms with van der Waals surface area (Å²) in [6, 6.07) is 6.08. The summed E-state index contributed by atoms with van der Waals surface area (Å²) in [5.41, 5.74) is -1.52. The number of hydrogen-bond acceptors (Lipinski definition) is 1. The van der Waals surface area contributed by atoms with Gasteiger partial charge in [-0.15, -0.1) is 0 Å². The number of carboxylic acid groups (broad SMARTS) is 1. The van der Waals surface area contributed by atoms with Crippen molar-refractivity contribution in [1.82, 2.24) is 0 Å². The maximum Gasteiger partial charge on any atom is 0.419 e. The maximum atomic E-state index is 13.6. The van der Waals surface area contributed by atoms with Crippen molar-refractivity contribution >= 4 is 17.6 Å². The molecule has 2 aromatic rings. The Balaban J connectivity index is 2.59. The van der Waals surface area contributed by atoms with Crippen LogP contribution in [0.2, 0.25) is 5.02 Å². The van der Waals surface area contributed by atoms with Crippen molar-refractivity contribution in [2.75, 3.05) is 0 Å². The Labute approximate surface area is 121 Å². The zero-order valence-electron chi connectivity index (χ0n) is 10.2. The highest BCUT2D eigenvalue weighted by Crippen LogP contribution is 2.34. The third-order valence-corrected chi connectivity index (χ3v) is 3.03. The monoisotopic (exact) mass is 318 g/mol. The van der Waals surface area contributed by atoms with E-state index in [1.807, 2.05) is 0 Å². The summed E-state index contributed by atoms with van der Waals surface area (Å²) < 4.78 is 51.0. The van der Waals surface area contributed by atoms with Crippen molar-refractivity contribution in [3.63, 3.8) is 0 Å². The van der Waals surface area contributed by atoms with E-state index in [1.165, 1.54) is 12.1 Å². The van der Waals surface area contributed by atoms with E-state index in [0.717, 1.165) is 12.1 Å². The number of aromatic carboxylic acids is 1. The van der Waals surface area contributed by atoms with Crippen LogP contribution in [0, 0.1) is 5.82 Å². The second-order valence-corrected chi connectivity index (χ2v) is 4.62. The van der Waals surface area contributed by atoms with Gasteiger partial charge < -0.3 is 5.11 Å². The molecule has 0 fully saturated rings. The van der Waals surface area contributed by atoms with Crippen LogP contribution in [0.1, 0.15) is 15.9 Å². The molecule has 7 heteroatoms. The Hall–Kier alpha value is -2.08. The van der Waals surface area contributed by atoms with Crippen LogP contribution >= 0.6 is 11.6 Å². The Morgan fingerprint density at radius 1 is 1.10 bits per heavy atom. The number of alkyl halides is 3. The largest absolute Gasteiger partial charge is 0.478 e. The summed E-state index contributed by atoms with van der Waals surface area (Å²) in [5, 5.41) is 9.23. The molecule has 0 radical (unpaired) electrons. The summed E-state index contributed by atoms with van der Waals surface area (Å²) in [5.74, 6) is -2.78. The van der Waals surface area contributed by atoms with E-state index < -0.39 is 23.5 Å². The zero-order chi connectivity index (χ0) is 15.8. The van der Waals surface area contributed by atoms with Crippen LogP contribution in [-0.4, -0.2) is 11.1 Å². The van der Waals surface area contributed by atoms with Crippen molar-refractivity contribution < 1.29 is 27.5 Å². The molecule has 21 heavy (non-hydrogen) atoms. The van der Waals surface area contributed by atoms with Crippen LogP contribution in [0.25, 0.3) is 11.1 Å². The lowest BCUT2D eigenvalue weighted by Gasteiger charge is -2.11. The summed E-state index contributed by atoms with van der Waals surface area (Å²) in [7, 11) is 0. The van der Waals surface area contributed by atoms with E-state index in [0.29, 0.717) is 12.1 Å². The highest BCUT2D eigenvalue weighted by molar-refractivity contribution is 6.31. The third kappa shape index (κ3) is 3.16. The van der Waals surface area contributed by atoms with Gasteiger partial charge in [0.05, 0.1) is 11.1 Å². The first-order valence-corrected chi connectivity index (χ1v) is 5.98. The Morgan fingerprint density at radius 2 is 1.76 bits per heavy atom. The maximum absolute atomic E-state index is 13.6. The lowest BCUT2D eigenvalue weighted by atomic mass is 9.98. The molecule has 110 valence electrons. The molecule has 2 rings (SSSR count). The minimum Gasteiger partial charge on any atom is -0.478 e. The van der Waals surface area contributed by atoms with Crippen LogP contribution in [0.15, 0.2) is 36.4 Å². The Kier molecular flexibility index (Phi) is 3.91. The molecule has 2 nitrogen and oxygen atoms in total. The highest BCUT2D eigenvalue weighted by atomic mass is 35.5. The fourth-order valence-corrected chi connectivity index (χ4v) is 2.03. The lowest BCUT2D eigenvalue weighted by molar-refractivity contribution is -0.139. The molecule has 0 aliphatic carbocycles. The van der Waals surface area contributed by atoms with E-state index >= 15 is 0 Å². The molecular formula is C14H7ClF4O2. The standard InChI is InChI=1S/C14H7ClF4O2/c15-8-2-3-9(10(6-8)13(20)21)7-1-4-11(12(16)5-7)14(17,18)19/h1-6H,(H,20,21). The number of hydrogen-bond donors (Lipinski definition) is 1. The predicted octanol–water partition coefficient (Wildman–Crippen LogP) is 4.86. The first-order valence-electron chi connectivity index (χ1n) is 5.60. The van der Waals surface area contributed by atoms with Gasteiger partial charge in [0, 0.05) is 5.02 Å². The van der Waals surface area contributed by atoms with E-state index in [-0.39, 0.29) is 21.7 Å². The average molecular weight is 319 g/mol. The topological polar surface area (TPSA) is 37.3 Å². The van der Waals surface area contributed by atoms with Crippen LogP contribution < -0.4 is 0 Å². The molecule has 0 saturated heterocycles. The second kappa shape index (κ2) is 5.37. The zero-order valence-corrected chi connectivity index (χ0v) is 11.0. The third-order valence-electron chi connectivity index (χ3n) is 2.80. The van der Waals surface area contributed by atoms with Crippen LogP contribution in [0.5, 0.6) is 0 Å². The summed E-state index contributed by atoms with van der Waals surface area (Å²) in [6.45, 7) is 0. The van der Waals surface area contributed by atoms with E-state index in [9.17, 15) is 22.4 Å². The van der Waals surface area contributed by atoms with Gasteiger partial charge in [0.2, 0.25) is 0 Å². The quantitative estimate of drug-likeness (QED) is 0.803. The Morgan fingerprint density at radius 3 is 2.29 bits per heavy atom. The molecule has 0 unspecified atom stereocenters. The molecule has 0 saturated carbocycles. The van der Waals surface area contributed by atoms with Gasteiger partial charge in [0.25, 0.3) is 0 Å². The fourth-order valence-electron chi connectivity index (χ4n) is 1.86. The number of rotatable bonds is 2. The number of benzene rings is 2. The van der Waals surface area contributed by atoms with Gasteiger partial charge in [-0.05, 0) is 35.4 Å². The molecule has 0 spiro atoms.